The highest BCUT2D eigenvalue weighted by Crippen LogP contribution is 2.43. The molecule has 1 aliphatic carbocycles. The van der Waals surface area contributed by atoms with Crippen LogP contribution >= 0.6 is 0 Å². The molecule has 0 spiro atoms. The van der Waals surface area contributed by atoms with Gasteiger partial charge in [-0.3, -0.25) is 0 Å². The maximum absolute atomic E-state index is 5.84. The van der Waals surface area contributed by atoms with E-state index < -0.39 is 0 Å². The van der Waals surface area contributed by atoms with Gasteiger partial charge in [0.1, 0.15) is 0 Å². The summed E-state index contributed by atoms with van der Waals surface area (Å²) in [6.45, 7) is 15.4. The molecule has 1 aromatic rings. The zero-order valence-corrected chi connectivity index (χ0v) is 14.4. The molecule has 1 aromatic heterocycles. The lowest BCUT2D eigenvalue weighted by Crippen LogP contribution is -2.64. The number of hydrogen-bond donors (Lipinski definition) is 1. The normalized spacial score (nSPS) is 26.4. The molecule has 0 bridgehead atoms. The number of hydrogen-bond acceptors (Lipinski definition) is 3. The molecule has 1 heterocycles. The van der Waals surface area contributed by atoms with Gasteiger partial charge in [-0.1, -0.05) is 34.6 Å². The number of rotatable bonds is 6. The van der Waals surface area contributed by atoms with Gasteiger partial charge >= 0.3 is 0 Å². The molecule has 21 heavy (non-hydrogen) atoms. The Balaban J connectivity index is 2.00. The van der Waals surface area contributed by atoms with Crippen LogP contribution in [0.1, 0.15) is 48.0 Å². The standard InChI is InChI=1S/C17H31N3O/c1-7-21-15-10-13(17(15,5)6)19-14(16(2,3)4)11-20-9-8-18-12-20/h8-9,12-15,19H,7,10-11H2,1-6H3. The molecule has 4 heteroatoms. The summed E-state index contributed by atoms with van der Waals surface area (Å²) in [6, 6.07) is 0.931. The Kier molecular flexibility index (Phi) is 4.79. The van der Waals surface area contributed by atoms with Crippen molar-refractivity contribution >= 4 is 0 Å². The maximum atomic E-state index is 5.84. The summed E-state index contributed by atoms with van der Waals surface area (Å²) in [5.41, 5.74) is 0.408. The van der Waals surface area contributed by atoms with E-state index in [0.717, 1.165) is 19.6 Å². The second kappa shape index (κ2) is 6.09. The van der Waals surface area contributed by atoms with E-state index >= 15 is 0 Å². The van der Waals surface area contributed by atoms with E-state index in [0.29, 0.717) is 18.2 Å². The fourth-order valence-corrected chi connectivity index (χ4v) is 3.08. The van der Waals surface area contributed by atoms with Gasteiger partial charge in [0.2, 0.25) is 0 Å². The van der Waals surface area contributed by atoms with Crippen LogP contribution in [0.4, 0.5) is 0 Å². The van der Waals surface area contributed by atoms with Crippen LogP contribution in [0.3, 0.4) is 0 Å². The largest absolute Gasteiger partial charge is 0.378 e. The zero-order valence-electron chi connectivity index (χ0n) is 14.4. The van der Waals surface area contributed by atoms with Gasteiger partial charge in [0, 0.05) is 43.0 Å². The molecule has 1 saturated carbocycles. The van der Waals surface area contributed by atoms with E-state index in [1.807, 2.05) is 18.7 Å². The molecule has 3 atom stereocenters. The highest BCUT2D eigenvalue weighted by atomic mass is 16.5. The van der Waals surface area contributed by atoms with Gasteiger partial charge < -0.3 is 14.6 Å². The van der Waals surface area contributed by atoms with Crippen molar-refractivity contribution in [3.8, 4) is 0 Å². The fraction of sp³-hybridized carbons (Fsp3) is 0.824. The first kappa shape index (κ1) is 16.5. The van der Waals surface area contributed by atoms with Crippen molar-refractivity contribution in [3.05, 3.63) is 18.7 Å². The molecule has 0 saturated heterocycles. The van der Waals surface area contributed by atoms with Crippen LogP contribution in [0.2, 0.25) is 0 Å². The molecule has 120 valence electrons. The average Bonchev–Trinajstić information content (AvgIpc) is 2.88. The Labute approximate surface area is 129 Å². The van der Waals surface area contributed by atoms with Crippen molar-refractivity contribution in [1.82, 2.24) is 14.9 Å². The third-order valence-electron chi connectivity index (χ3n) is 4.95. The van der Waals surface area contributed by atoms with Crippen molar-refractivity contribution in [3.63, 3.8) is 0 Å². The van der Waals surface area contributed by atoms with Crippen LogP contribution < -0.4 is 5.32 Å². The van der Waals surface area contributed by atoms with E-state index in [-0.39, 0.29) is 10.8 Å². The Morgan fingerprint density at radius 3 is 2.62 bits per heavy atom. The van der Waals surface area contributed by atoms with Crippen molar-refractivity contribution in [1.29, 1.82) is 0 Å². The second-order valence-electron chi connectivity index (χ2n) is 7.90. The summed E-state index contributed by atoms with van der Waals surface area (Å²) >= 11 is 0. The number of nitrogens with one attached hydrogen (secondary N) is 1. The molecule has 3 unspecified atom stereocenters. The van der Waals surface area contributed by atoms with Crippen molar-refractivity contribution < 1.29 is 4.74 Å². The molecule has 0 radical (unpaired) electrons. The van der Waals surface area contributed by atoms with Gasteiger partial charge in [-0.15, -0.1) is 0 Å². The van der Waals surface area contributed by atoms with Crippen molar-refractivity contribution in [2.45, 2.75) is 72.7 Å². The summed E-state index contributed by atoms with van der Waals surface area (Å²) < 4.78 is 8.00. The molecule has 1 aliphatic rings. The Bertz CT molecular complexity index is 433. The molecule has 0 amide bonds. The Morgan fingerprint density at radius 2 is 2.14 bits per heavy atom. The summed E-state index contributed by atoms with van der Waals surface area (Å²) in [5, 5.41) is 3.88. The predicted molar refractivity (Wildman–Crippen MR) is 86.2 cm³/mol. The lowest BCUT2D eigenvalue weighted by atomic mass is 9.63. The van der Waals surface area contributed by atoms with Crippen LogP contribution in [0.15, 0.2) is 18.7 Å². The van der Waals surface area contributed by atoms with Gasteiger partial charge in [0.05, 0.1) is 12.4 Å². The van der Waals surface area contributed by atoms with Crippen LogP contribution in [0.5, 0.6) is 0 Å². The molecule has 1 N–H and O–H groups in total. The summed E-state index contributed by atoms with van der Waals surface area (Å²) in [4.78, 5) is 4.15. The average molecular weight is 293 g/mol. The third kappa shape index (κ3) is 3.67. The topological polar surface area (TPSA) is 39.1 Å². The lowest BCUT2D eigenvalue weighted by molar-refractivity contribution is -0.119. The third-order valence-corrected chi connectivity index (χ3v) is 4.95. The van der Waals surface area contributed by atoms with E-state index in [1.165, 1.54) is 0 Å². The smallest absolute Gasteiger partial charge is 0.0946 e. The SMILES string of the molecule is CCOC1CC(NC(Cn2ccnc2)C(C)(C)C)C1(C)C. The lowest BCUT2D eigenvalue weighted by Gasteiger charge is -2.54. The second-order valence-corrected chi connectivity index (χ2v) is 7.90. The van der Waals surface area contributed by atoms with Gasteiger partial charge in [0.25, 0.3) is 0 Å². The minimum atomic E-state index is 0.203. The van der Waals surface area contributed by atoms with E-state index in [2.05, 4.69) is 56.4 Å². The summed E-state index contributed by atoms with van der Waals surface area (Å²) in [7, 11) is 0. The van der Waals surface area contributed by atoms with Crippen LogP contribution in [-0.2, 0) is 11.3 Å². The maximum Gasteiger partial charge on any atom is 0.0946 e. The van der Waals surface area contributed by atoms with Gasteiger partial charge in [-0.25, -0.2) is 4.98 Å². The minimum absolute atomic E-state index is 0.203. The quantitative estimate of drug-likeness (QED) is 0.876. The van der Waals surface area contributed by atoms with Crippen LogP contribution in [0.25, 0.3) is 0 Å². The monoisotopic (exact) mass is 293 g/mol. The molecule has 4 nitrogen and oxygen atoms in total. The molecule has 0 aliphatic heterocycles. The van der Waals surface area contributed by atoms with E-state index in [9.17, 15) is 0 Å². The first-order valence-corrected chi connectivity index (χ1v) is 8.08. The molecule has 1 fully saturated rings. The Morgan fingerprint density at radius 1 is 1.43 bits per heavy atom. The first-order valence-electron chi connectivity index (χ1n) is 8.08. The predicted octanol–water partition coefficient (Wildman–Crippen LogP) is 3.09. The van der Waals surface area contributed by atoms with E-state index in [4.69, 9.17) is 4.74 Å². The van der Waals surface area contributed by atoms with Crippen LogP contribution in [0, 0.1) is 10.8 Å². The Hall–Kier alpha value is -0.870. The molecular weight excluding hydrogens is 262 g/mol. The highest BCUT2D eigenvalue weighted by Gasteiger charge is 2.50. The number of aromatic nitrogens is 2. The summed E-state index contributed by atoms with van der Waals surface area (Å²) in [6.07, 6.45) is 7.27. The number of nitrogens with zero attached hydrogens (tertiary/aromatic N) is 2. The number of imidazole rings is 1. The van der Waals surface area contributed by atoms with E-state index in [1.54, 1.807) is 0 Å². The summed E-state index contributed by atoms with van der Waals surface area (Å²) in [5.74, 6) is 0. The van der Waals surface area contributed by atoms with Gasteiger partial charge in [-0.05, 0) is 18.8 Å². The molecule has 2 rings (SSSR count). The minimum Gasteiger partial charge on any atom is -0.378 e. The first-order chi connectivity index (χ1) is 9.75. The van der Waals surface area contributed by atoms with Gasteiger partial charge in [0.15, 0.2) is 0 Å². The van der Waals surface area contributed by atoms with Crippen molar-refractivity contribution in [2.24, 2.45) is 10.8 Å². The van der Waals surface area contributed by atoms with Gasteiger partial charge in [-0.2, -0.15) is 0 Å². The number of ether oxygens (including phenoxy) is 1. The van der Waals surface area contributed by atoms with Crippen LogP contribution in [-0.4, -0.2) is 34.3 Å². The molecule has 0 aromatic carbocycles. The zero-order chi connectivity index (χ0) is 15.7. The molecular formula is C17H31N3O. The van der Waals surface area contributed by atoms with Crippen molar-refractivity contribution in [2.75, 3.05) is 6.61 Å². The highest BCUT2D eigenvalue weighted by molar-refractivity contribution is 5.04. The fourth-order valence-electron chi connectivity index (χ4n) is 3.08.